The number of aromatic nitrogens is 1. The third kappa shape index (κ3) is 3.20. The quantitative estimate of drug-likeness (QED) is 0.757. The predicted molar refractivity (Wildman–Crippen MR) is 86.2 cm³/mol. The van der Waals surface area contributed by atoms with E-state index in [1.807, 2.05) is 24.3 Å². The molecule has 1 aromatic heterocycles. The fraction of sp³-hybridized carbons (Fsp3) is 0.471. The number of aromatic amines is 1. The molecule has 1 amide bonds. The Morgan fingerprint density at radius 2 is 2.05 bits per heavy atom. The number of carbonyl (C=O) groups is 1. The zero-order valence-corrected chi connectivity index (χ0v) is 12.5. The minimum absolute atomic E-state index is 0.0246. The number of H-pyrrole nitrogens is 1. The second kappa shape index (κ2) is 5.80. The van der Waals surface area contributed by atoms with Crippen molar-refractivity contribution in [1.82, 2.24) is 10.3 Å². The fourth-order valence-electron chi connectivity index (χ4n) is 3.14. The zero-order chi connectivity index (χ0) is 14.8. The molecule has 0 radical (unpaired) electrons. The molecule has 3 rings (SSSR count). The molecule has 1 saturated carbocycles. The summed E-state index contributed by atoms with van der Waals surface area (Å²) in [4.78, 5) is 15.4. The van der Waals surface area contributed by atoms with Crippen molar-refractivity contribution in [2.24, 2.45) is 11.8 Å². The summed E-state index contributed by atoms with van der Waals surface area (Å²) >= 11 is 0. The summed E-state index contributed by atoms with van der Waals surface area (Å²) in [5, 5.41) is 4.04. The first-order valence-corrected chi connectivity index (χ1v) is 7.78. The number of rotatable bonds is 3. The number of nitrogen functional groups attached to an aromatic ring is 1. The molecule has 4 nitrogen and oxygen atoms in total. The topological polar surface area (TPSA) is 70.9 Å². The van der Waals surface area contributed by atoms with Gasteiger partial charge in [-0.15, -0.1) is 0 Å². The third-order valence-corrected chi connectivity index (χ3v) is 4.58. The summed E-state index contributed by atoms with van der Waals surface area (Å²) < 4.78 is 0. The van der Waals surface area contributed by atoms with Gasteiger partial charge in [-0.1, -0.05) is 19.8 Å². The number of carbonyl (C=O) groups excluding carboxylic acids is 1. The number of fused-ring (bicyclic) bond motifs is 1. The Morgan fingerprint density at radius 1 is 1.29 bits per heavy atom. The first-order valence-electron chi connectivity index (χ1n) is 7.78. The van der Waals surface area contributed by atoms with Gasteiger partial charge in [0.25, 0.3) is 5.91 Å². The Labute approximate surface area is 125 Å². The molecule has 0 atom stereocenters. The van der Waals surface area contributed by atoms with Gasteiger partial charge in [0, 0.05) is 23.1 Å². The molecule has 0 saturated heterocycles. The summed E-state index contributed by atoms with van der Waals surface area (Å²) in [6.07, 6.45) is 5.02. The molecular weight excluding hydrogens is 262 g/mol. The van der Waals surface area contributed by atoms with Crippen LogP contribution in [0.5, 0.6) is 0 Å². The van der Waals surface area contributed by atoms with Gasteiger partial charge >= 0.3 is 0 Å². The molecule has 0 spiro atoms. The highest BCUT2D eigenvalue weighted by atomic mass is 16.1. The molecule has 1 aliphatic carbocycles. The van der Waals surface area contributed by atoms with Crippen molar-refractivity contribution < 1.29 is 4.79 Å². The van der Waals surface area contributed by atoms with E-state index in [2.05, 4.69) is 17.2 Å². The highest BCUT2D eigenvalue weighted by molar-refractivity contribution is 5.98. The van der Waals surface area contributed by atoms with Crippen LogP contribution in [-0.4, -0.2) is 17.4 Å². The van der Waals surface area contributed by atoms with Crippen molar-refractivity contribution in [3.63, 3.8) is 0 Å². The van der Waals surface area contributed by atoms with Crippen LogP contribution in [0.2, 0.25) is 0 Å². The number of benzene rings is 1. The number of nitrogens with two attached hydrogens (primary N) is 1. The van der Waals surface area contributed by atoms with Gasteiger partial charge in [0.1, 0.15) is 5.69 Å². The van der Waals surface area contributed by atoms with Gasteiger partial charge in [0.05, 0.1) is 0 Å². The maximum Gasteiger partial charge on any atom is 0.267 e. The first kappa shape index (κ1) is 14.0. The Bertz CT molecular complexity index is 639. The average molecular weight is 285 g/mol. The summed E-state index contributed by atoms with van der Waals surface area (Å²) in [6.45, 7) is 3.09. The van der Waals surface area contributed by atoms with Crippen molar-refractivity contribution >= 4 is 22.5 Å². The molecule has 112 valence electrons. The second-order valence-electron chi connectivity index (χ2n) is 6.37. The Hall–Kier alpha value is -1.97. The van der Waals surface area contributed by atoms with Gasteiger partial charge in [-0.25, -0.2) is 0 Å². The predicted octanol–water partition coefficient (Wildman–Crippen LogP) is 3.31. The average Bonchev–Trinajstić information content (AvgIpc) is 2.89. The van der Waals surface area contributed by atoms with Gasteiger partial charge in [-0.3, -0.25) is 4.79 Å². The van der Waals surface area contributed by atoms with Gasteiger partial charge in [0.2, 0.25) is 0 Å². The van der Waals surface area contributed by atoms with Crippen LogP contribution in [-0.2, 0) is 0 Å². The lowest BCUT2D eigenvalue weighted by molar-refractivity contribution is 0.0937. The minimum atomic E-state index is -0.0246. The van der Waals surface area contributed by atoms with Crippen molar-refractivity contribution in [3.05, 3.63) is 30.0 Å². The van der Waals surface area contributed by atoms with E-state index in [1.165, 1.54) is 25.7 Å². The minimum Gasteiger partial charge on any atom is -0.399 e. The molecule has 1 aromatic carbocycles. The van der Waals surface area contributed by atoms with Crippen LogP contribution in [0.25, 0.3) is 10.9 Å². The third-order valence-electron chi connectivity index (χ3n) is 4.58. The SMILES string of the molecule is CC1CCC(CNC(=O)c2cc3cc(N)ccc3[nH]2)CC1. The smallest absolute Gasteiger partial charge is 0.267 e. The van der Waals surface area contributed by atoms with Gasteiger partial charge in [-0.2, -0.15) is 0 Å². The molecule has 0 unspecified atom stereocenters. The van der Waals surface area contributed by atoms with E-state index >= 15 is 0 Å². The maximum absolute atomic E-state index is 12.2. The van der Waals surface area contributed by atoms with E-state index in [4.69, 9.17) is 5.73 Å². The van der Waals surface area contributed by atoms with E-state index in [0.29, 0.717) is 17.3 Å². The molecule has 4 heteroatoms. The molecule has 0 aliphatic heterocycles. The van der Waals surface area contributed by atoms with Crippen LogP contribution in [0.15, 0.2) is 24.3 Å². The summed E-state index contributed by atoms with van der Waals surface area (Å²) in [5.41, 5.74) is 8.03. The van der Waals surface area contributed by atoms with Crippen LogP contribution in [0.1, 0.15) is 43.1 Å². The van der Waals surface area contributed by atoms with Crippen LogP contribution < -0.4 is 11.1 Å². The second-order valence-corrected chi connectivity index (χ2v) is 6.37. The highest BCUT2D eigenvalue weighted by Crippen LogP contribution is 2.27. The van der Waals surface area contributed by atoms with Gasteiger partial charge in [-0.05, 0) is 48.9 Å². The Balaban J connectivity index is 1.61. The Kier molecular flexibility index (Phi) is 3.86. The van der Waals surface area contributed by atoms with Gasteiger partial charge < -0.3 is 16.0 Å². The molecule has 0 bridgehead atoms. The van der Waals surface area contributed by atoms with E-state index in [1.54, 1.807) is 0 Å². The number of amides is 1. The monoisotopic (exact) mass is 285 g/mol. The molecule has 1 aliphatic rings. The van der Waals surface area contributed by atoms with Crippen LogP contribution in [0.3, 0.4) is 0 Å². The molecule has 2 aromatic rings. The maximum atomic E-state index is 12.2. The highest BCUT2D eigenvalue weighted by Gasteiger charge is 2.19. The van der Waals surface area contributed by atoms with E-state index in [0.717, 1.165) is 23.4 Å². The van der Waals surface area contributed by atoms with Crippen molar-refractivity contribution in [3.8, 4) is 0 Å². The van der Waals surface area contributed by atoms with E-state index in [9.17, 15) is 4.79 Å². The van der Waals surface area contributed by atoms with E-state index in [-0.39, 0.29) is 5.91 Å². The zero-order valence-electron chi connectivity index (χ0n) is 12.5. The number of nitrogens with one attached hydrogen (secondary N) is 2. The lowest BCUT2D eigenvalue weighted by Gasteiger charge is -2.26. The molecule has 1 fully saturated rings. The lowest BCUT2D eigenvalue weighted by Crippen LogP contribution is -2.31. The number of hydrogen-bond acceptors (Lipinski definition) is 2. The Morgan fingerprint density at radius 3 is 2.81 bits per heavy atom. The van der Waals surface area contributed by atoms with Gasteiger partial charge in [0.15, 0.2) is 0 Å². The van der Waals surface area contributed by atoms with Crippen LogP contribution in [0.4, 0.5) is 5.69 Å². The summed E-state index contributed by atoms with van der Waals surface area (Å²) in [5.74, 6) is 1.45. The molecular formula is C17H23N3O. The first-order chi connectivity index (χ1) is 10.1. The molecule has 4 N–H and O–H groups in total. The number of hydrogen-bond donors (Lipinski definition) is 3. The van der Waals surface area contributed by atoms with Crippen LogP contribution in [0, 0.1) is 11.8 Å². The van der Waals surface area contributed by atoms with Crippen LogP contribution >= 0.6 is 0 Å². The molecule has 21 heavy (non-hydrogen) atoms. The van der Waals surface area contributed by atoms with Crippen molar-refractivity contribution in [2.45, 2.75) is 32.6 Å². The molecule has 1 heterocycles. The summed E-state index contributed by atoms with van der Waals surface area (Å²) in [7, 11) is 0. The largest absolute Gasteiger partial charge is 0.399 e. The van der Waals surface area contributed by atoms with Crippen molar-refractivity contribution in [2.75, 3.05) is 12.3 Å². The number of anilines is 1. The van der Waals surface area contributed by atoms with Crippen molar-refractivity contribution in [1.29, 1.82) is 0 Å². The van der Waals surface area contributed by atoms with E-state index < -0.39 is 0 Å². The lowest BCUT2D eigenvalue weighted by atomic mass is 9.83. The standard InChI is InChI=1S/C17H23N3O/c1-11-2-4-12(5-3-11)10-19-17(21)16-9-13-8-14(18)6-7-15(13)20-16/h6-9,11-12,20H,2-5,10,18H2,1H3,(H,19,21). The normalized spacial score (nSPS) is 22.3. The summed E-state index contributed by atoms with van der Waals surface area (Å²) in [6, 6.07) is 7.49. The fourth-order valence-corrected chi connectivity index (χ4v) is 3.14.